The van der Waals surface area contributed by atoms with E-state index in [0.29, 0.717) is 6.04 Å². The normalized spacial score (nSPS) is 14.5. The number of hydrogen-bond donors (Lipinski definition) is 1. The molecule has 0 spiro atoms. The lowest BCUT2D eigenvalue weighted by Gasteiger charge is -2.21. The Morgan fingerprint density at radius 1 is 1.57 bits per heavy atom. The van der Waals surface area contributed by atoms with Gasteiger partial charge in [-0.25, -0.2) is 4.79 Å². The molecule has 1 N–H and O–H groups in total. The zero-order valence-corrected chi connectivity index (χ0v) is 9.38. The van der Waals surface area contributed by atoms with Crippen molar-refractivity contribution < 1.29 is 9.53 Å². The summed E-state index contributed by atoms with van der Waals surface area (Å²) in [5.41, 5.74) is 0. The molecule has 82 valence electrons. The fourth-order valence-electron chi connectivity index (χ4n) is 1.34. The molecule has 0 aliphatic heterocycles. The third kappa shape index (κ3) is 5.75. The van der Waals surface area contributed by atoms with Crippen LogP contribution in [0.2, 0.25) is 0 Å². The van der Waals surface area contributed by atoms with Crippen LogP contribution in [0.3, 0.4) is 0 Å². The first kappa shape index (κ1) is 13.2. The highest BCUT2D eigenvalue weighted by molar-refractivity contribution is 5.81. The maximum atomic E-state index is 10.9. The predicted octanol–water partition coefficient (Wildman–Crippen LogP) is 2.23. The minimum atomic E-state index is -0.378. The number of ether oxygens (including phenoxy) is 1. The molecule has 0 saturated carbocycles. The first-order valence-electron chi connectivity index (χ1n) is 5.23. The monoisotopic (exact) mass is 199 g/mol. The zero-order chi connectivity index (χ0) is 11.0. The Balaban J connectivity index is 3.83. The molecule has 0 aliphatic rings. The van der Waals surface area contributed by atoms with Crippen LogP contribution >= 0.6 is 0 Å². The molecule has 2 unspecified atom stereocenters. The van der Waals surface area contributed by atoms with Crippen LogP contribution in [-0.2, 0) is 9.53 Å². The Morgan fingerprint density at radius 2 is 2.21 bits per heavy atom. The highest BCUT2D eigenvalue weighted by Crippen LogP contribution is 2.03. The highest BCUT2D eigenvalue weighted by atomic mass is 16.6. The quantitative estimate of drug-likeness (QED) is 0.388. The van der Waals surface area contributed by atoms with Gasteiger partial charge in [-0.3, -0.25) is 5.32 Å². The second-order valence-electron chi connectivity index (χ2n) is 3.34. The molecule has 0 aromatic carbocycles. The summed E-state index contributed by atoms with van der Waals surface area (Å²) < 4.78 is 5.01. The van der Waals surface area contributed by atoms with E-state index >= 15 is 0 Å². The molecule has 0 aromatic rings. The van der Waals surface area contributed by atoms with Crippen LogP contribution in [0.15, 0.2) is 12.7 Å². The van der Waals surface area contributed by atoms with E-state index in [-0.39, 0.29) is 12.2 Å². The maximum absolute atomic E-state index is 10.9. The number of esters is 1. The molecule has 0 fully saturated rings. The van der Waals surface area contributed by atoms with Gasteiger partial charge in [-0.1, -0.05) is 26.8 Å². The standard InChI is InChI=1S/C11H21NO2/c1-5-8-10(6-2)12-9(4)14-11(13)7-3/h7,9-10,12H,3,5-6,8H2,1-2,4H3. The van der Waals surface area contributed by atoms with Crippen LogP contribution < -0.4 is 5.32 Å². The minimum absolute atomic E-state index is 0.239. The van der Waals surface area contributed by atoms with Gasteiger partial charge >= 0.3 is 5.97 Å². The molecule has 0 amide bonds. The molecule has 3 nitrogen and oxygen atoms in total. The molecule has 0 bridgehead atoms. The van der Waals surface area contributed by atoms with Crippen LogP contribution in [0.4, 0.5) is 0 Å². The number of rotatable bonds is 7. The van der Waals surface area contributed by atoms with Gasteiger partial charge in [0, 0.05) is 12.1 Å². The van der Waals surface area contributed by atoms with Crippen LogP contribution in [0.25, 0.3) is 0 Å². The first-order valence-corrected chi connectivity index (χ1v) is 5.23. The van der Waals surface area contributed by atoms with Gasteiger partial charge in [0.25, 0.3) is 0 Å². The van der Waals surface area contributed by atoms with Crippen molar-refractivity contribution in [3.8, 4) is 0 Å². The summed E-state index contributed by atoms with van der Waals surface area (Å²) in [5, 5.41) is 3.24. The largest absolute Gasteiger partial charge is 0.444 e. The third-order valence-corrected chi connectivity index (χ3v) is 2.06. The molecular formula is C11H21NO2. The molecular weight excluding hydrogens is 178 g/mol. The van der Waals surface area contributed by atoms with Crippen molar-refractivity contribution in [2.75, 3.05) is 0 Å². The Labute approximate surface area is 86.5 Å². The van der Waals surface area contributed by atoms with E-state index in [0.717, 1.165) is 19.3 Å². The van der Waals surface area contributed by atoms with E-state index in [2.05, 4.69) is 25.7 Å². The fourth-order valence-corrected chi connectivity index (χ4v) is 1.34. The summed E-state index contributed by atoms with van der Waals surface area (Å²) in [5.74, 6) is -0.378. The van der Waals surface area contributed by atoms with E-state index in [9.17, 15) is 4.79 Å². The van der Waals surface area contributed by atoms with Gasteiger partial charge in [-0.05, 0) is 19.8 Å². The molecule has 0 rings (SSSR count). The second kappa shape index (κ2) is 7.56. The summed E-state index contributed by atoms with van der Waals surface area (Å²) in [7, 11) is 0. The summed E-state index contributed by atoms with van der Waals surface area (Å²) in [6, 6.07) is 0.424. The Kier molecular flexibility index (Phi) is 7.11. The number of carbonyl (C=O) groups excluding carboxylic acids is 1. The van der Waals surface area contributed by atoms with E-state index in [1.165, 1.54) is 6.08 Å². The van der Waals surface area contributed by atoms with Crippen molar-refractivity contribution in [1.82, 2.24) is 5.32 Å². The number of hydrogen-bond acceptors (Lipinski definition) is 3. The van der Waals surface area contributed by atoms with Gasteiger partial charge < -0.3 is 4.74 Å². The van der Waals surface area contributed by atoms with Gasteiger partial charge in [0.1, 0.15) is 0 Å². The van der Waals surface area contributed by atoms with Crippen LogP contribution in [0.5, 0.6) is 0 Å². The van der Waals surface area contributed by atoms with E-state index in [1.54, 1.807) is 0 Å². The highest BCUT2D eigenvalue weighted by Gasteiger charge is 2.11. The molecule has 0 aromatic heterocycles. The van der Waals surface area contributed by atoms with Gasteiger partial charge in [0.2, 0.25) is 0 Å². The van der Waals surface area contributed by atoms with Crippen LogP contribution in [0.1, 0.15) is 40.0 Å². The average Bonchev–Trinajstić information content (AvgIpc) is 2.16. The van der Waals surface area contributed by atoms with E-state index < -0.39 is 0 Å². The fraction of sp³-hybridized carbons (Fsp3) is 0.727. The summed E-state index contributed by atoms with van der Waals surface area (Å²) in [6.45, 7) is 9.44. The molecule has 0 radical (unpaired) electrons. The Hall–Kier alpha value is -0.830. The smallest absolute Gasteiger partial charge is 0.331 e. The van der Waals surface area contributed by atoms with Crippen molar-refractivity contribution in [2.24, 2.45) is 0 Å². The molecule has 0 saturated heterocycles. The van der Waals surface area contributed by atoms with E-state index in [4.69, 9.17) is 4.74 Å². The zero-order valence-electron chi connectivity index (χ0n) is 9.38. The first-order chi connectivity index (χ1) is 6.63. The predicted molar refractivity (Wildman–Crippen MR) is 57.9 cm³/mol. The lowest BCUT2D eigenvalue weighted by molar-refractivity contribution is -0.144. The van der Waals surface area contributed by atoms with E-state index in [1.807, 2.05) is 6.92 Å². The number of carbonyl (C=O) groups is 1. The Morgan fingerprint density at radius 3 is 2.64 bits per heavy atom. The van der Waals surface area contributed by atoms with Crippen molar-refractivity contribution in [3.05, 3.63) is 12.7 Å². The molecule has 2 atom stereocenters. The minimum Gasteiger partial charge on any atom is -0.444 e. The molecule has 0 heterocycles. The second-order valence-corrected chi connectivity index (χ2v) is 3.34. The topological polar surface area (TPSA) is 38.3 Å². The summed E-state index contributed by atoms with van der Waals surface area (Å²) >= 11 is 0. The van der Waals surface area contributed by atoms with Gasteiger partial charge in [0.05, 0.1) is 0 Å². The summed E-state index contributed by atoms with van der Waals surface area (Å²) in [4.78, 5) is 10.9. The van der Waals surface area contributed by atoms with Crippen molar-refractivity contribution in [3.63, 3.8) is 0 Å². The van der Waals surface area contributed by atoms with Crippen LogP contribution in [0, 0.1) is 0 Å². The van der Waals surface area contributed by atoms with Crippen LogP contribution in [-0.4, -0.2) is 18.2 Å². The van der Waals surface area contributed by atoms with Gasteiger partial charge in [-0.15, -0.1) is 0 Å². The molecule has 0 aliphatic carbocycles. The maximum Gasteiger partial charge on any atom is 0.331 e. The lowest BCUT2D eigenvalue weighted by atomic mass is 10.1. The molecule has 3 heteroatoms. The molecule has 14 heavy (non-hydrogen) atoms. The van der Waals surface area contributed by atoms with Crippen molar-refractivity contribution >= 4 is 5.97 Å². The SMILES string of the molecule is C=CC(=O)OC(C)NC(CC)CCC. The van der Waals surface area contributed by atoms with Crippen molar-refractivity contribution in [1.29, 1.82) is 0 Å². The third-order valence-electron chi connectivity index (χ3n) is 2.06. The number of nitrogens with one attached hydrogen (secondary N) is 1. The average molecular weight is 199 g/mol. The van der Waals surface area contributed by atoms with Gasteiger partial charge in [-0.2, -0.15) is 0 Å². The summed E-state index contributed by atoms with van der Waals surface area (Å²) in [6.07, 6.45) is 4.22. The lowest BCUT2D eigenvalue weighted by Crippen LogP contribution is -2.38. The Bertz CT molecular complexity index is 180. The van der Waals surface area contributed by atoms with Crippen molar-refractivity contribution in [2.45, 2.75) is 52.3 Å². The van der Waals surface area contributed by atoms with Gasteiger partial charge in [0.15, 0.2) is 6.23 Å².